The molecule has 0 amide bonds. The van der Waals surface area contributed by atoms with Gasteiger partial charge in [-0.25, -0.2) is 0 Å². The molecule has 0 aliphatic heterocycles. The lowest BCUT2D eigenvalue weighted by Crippen LogP contribution is -2.17. The van der Waals surface area contributed by atoms with Gasteiger partial charge in [-0.1, -0.05) is 58.9 Å². The highest BCUT2D eigenvalue weighted by Gasteiger charge is 2.16. The maximum absolute atomic E-state index is 13.2. The van der Waals surface area contributed by atoms with E-state index in [0.717, 1.165) is 14.7 Å². The van der Waals surface area contributed by atoms with Crippen LogP contribution in [0.3, 0.4) is 0 Å². The first-order valence-corrected chi connectivity index (χ1v) is 14.4. The first-order chi connectivity index (χ1) is 18.9. The third-order valence-electron chi connectivity index (χ3n) is 5.50. The zero-order valence-corrected chi connectivity index (χ0v) is 23.5. The van der Waals surface area contributed by atoms with Gasteiger partial charge in [0, 0.05) is 55.5 Å². The molecule has 8 heteroatoms. The van der Waals surface area contributed by atoms with Gasteiger partial charge in [0.05, 0.1) is 0 Å². The molecule has 1 unspecified atom stereocenters. The molecule has 0 spiro atoms. The Balaban J connectivity index is 1.38. The lowest BCUT2D eigenvalue weighted by atomic mass is 10.0. The molecule has 0 fully saturated rings. The lowest BCUT2D eigenvalue weighted by molar-refractivity contribution is -0.0837. The maximum atomic E-state index is 13.2. The summed E-state index contributed by atoms with van der Waals surface area (Å²) in [6.45, 7) is 1.43. The van der Waals surface area contributed by atoms with Gasteiger partial charge >= 0.3 is 0 Å². The van der Waals surface area contributed by atoms with Gasteiger partial charge in [0.2, 0.25) is 12.1 Å². The van der Waals surface area contributed by atoms with E-state index in [4.69, 9.17) is 16.4 Å². The van der Waals surface area contributed by atoms with Crippen molar-refractivity contribution in [3.63, 3.8) is 0 Å². The largest absolute Gasteiger partial charge is 0.364 e. The molecule has 0 saturated heterocycles. The number of Topliss-reactive ketones (excluding diaryl/α,β-unsaturated/α-hetero) is 1. The van der Waals surface area contributed by atoms with Gasteiger partial charge in [-0.2, -0.15) is 0 Å². The van der Waals surface area contributed by atoms with E-state index in [0.29, 0.717) is 33.9 Å². The van der Waals surface area contributed by atoms with Gasteiger partial charge in [-0.15, -0.1) is 11.8 Å². The number of nitrogens with zero attached hydrogens (tertiary/aromatic N) is 1. The second kappa shape index (κ2) is 14.1. The molecule has 1 N–H and O–H groups in total. The number of carbonyl (C=O) groups excluding carboxylic acids is 2. The summed E-state index contributed by atoms with van der Waals surface area (Å²) in [4.78, 5) is 33.7. The van der Waals surface area contributed by atoms with Gasteiger partial charge in [0.15, 0.2) is 5.78 Å². The van der Waals surface area contributed by atoms with E-state index in [2.05, 4.69) is 5.16 Å². The summed E-state index contributed by atoms with van der Waals surface area (Å²) in [5.74, 6) is 0.331. The number of hydrogen-bond acceptors (Lipinski definition) is 7. The normalized spacial score (nSPS) is 12.1. The molecule has 0 bridgehead atoms. The van der Waals surface area contributed by atoms with Crippen molar-refractivity contribution in [3.05, 3.63) is 125 Å². The summed E-state index contributed by atoms with van der Waals surface area (Å²) < 4.78 is 0. The smallest absolute Gasteiger partial charge is 0.221 e. The zero-order chi connectivity index (χ0) is 27.6. The molecule has 39 heavy (non-hydrogen) atoms. The van der Waals surface area contributed by atoms with E-state index in [9.17, 15) is 14.7 Å². The summed E-state index contributed by atoms with van der Waals surface area (Å²) in [5.41, 5.74) is 2.00. The third kappa shape index (κ3) is 8.57. The number of benzene rings is 4. The standard InChI is InChI=1S/C31H26ClNO4S2/c1-21(34)37-33-29(19-20-38-26-17-11-25(32)12-18-26)31(36)24-9-15-28(16-10-24)39-27-13-7-23(8-14-27)30(35)22-5-3-2-4-6-22/h2-18,21,34H,19-20H2,1H3/b33-29+. The molecule has 0 radical (unpaired) electrons. The Hall–Kier alpha value is -3.36. The second-order valence-corrected chi connectivity index (χ2v) is 11.2. The Kier molecular flexibility index (Phi) is 10.4. The maximum Gasteiger partial charge on any atom is 0.221 e. The number of hydrogen-bond donors (Lipinski definition) is 1. The SMILES string of the molecule is CC(O)O/N=C(\CCSc1ccc(Cl)cc1)C(=O)c1ccc(Sc2ccc(C(=O)c3ccccc3)cc2)cc1. The molecule has 0 aromatic heterocycles. The minimum absolute atomic E-state index is 0.0152. The predicted molar refractivity (Wildman–Crippen MR) is 158 cm³/mol. The Labute approximate surface area is 241 Å². The molecule has 1 atom stereocenters. The molecular weight excluding hydrogens is 550 g/mol. The molecule has 5 nitrogen and oxygen atoms in total. The topological polar surface area (TPSA) is 76.0 Å². The second-order valence-electron chi connectivity index (χ2n) is 8.47. The van der Waals surface area contributed by atoms with Crippen LogP contribution in [0.25, 0.3) is 0 Å². The molecule has 0 heterocycles. The number of oxime groups is 1. The molecule has 198 valence electrons. The molecule has 0 aliphatic carbocycles. The quantitative estimate of drug-likeness (QED) is 0.0610. The number of aliphatic hydroxyl groups is 1. The average molecular weight is 576 g/mol. The number of halogens is 1. The van der Waals surface area contributed by atoms with E-state index in [-0.39, 0.29) is 17.3 Å². The highest BCUT2D eigenvalue weighted by Crippen LogP contribution is 2.29. The van der Waals surface area contributed by atoms with Crippen molar-refractivity contribution in [3.8, 4) is 0 Å². The van der Waals surface area contributed by atoms with E-state index >= 15 is 0 Å². The Morgan fingerprint density at radius 1 is 0.795 bits per heavy atom. The van der Waals surface area contributed by atoms with Crippen LogP contribution in [0.2, 0.25) is 5.02 Å². The van der Waals surface area contributed by atoms with Crippen molar-refractivity contribution in [2.75, 3.05) is 5.75 Å². The van der Waals surface area contributed by atoms with Crippen LogP contribution in [0.1, 0.15) is 39.6 Å². The minimum atomic E-state index is -1.12. The van der Waals surface area contributed by atoms with Crippen LogP contribution >= 0.6 is 35.1 Å². The molecule has 0 saturated carbocycles. The highest BCUT2D eigenvalue weighted by atomic mass is 35.5. The van der Waals surface area contributed by atoms with Crippen LogP contribution in [0, 0.1) is 0 Å². The minimum Gasteiger partial charge on any atom is -0.364 e. The van der Waals surface area contributed by atoms with Crippen LogP contribution in [0.4, 0.5) is 0 Å². The fourth-order valence-electron chi connectivity index (χ4n) is 3.54. The summed E-state index contributed by atoms with van der Waals surface area (Å²) >= 11 is 9.06. The Morgan fingerprint density at radius 2 is 1.33 bits per heavy atom. The van der Waals surface area contributed by atoms with Gasteiger partial charge in [0.25, 0.3) is 0 Å². The molecular formula is C31H26ClNO4S2. The summed E-state index contributed by atoms with van der Waals surface area (Å²) in [6, 6.07) is 31.4. The predicted octanol–water partition coefficient (Wildman–Crippen LogP) is 7.80. The van der Waals surface area contributed by atoms with E-state index in [1.165, 1.54) is 18.7 Å². The van der Waals surface area contributed by atoms with Gasteiger partial charge < -0.3 is 9.94 Å². The first kappa shape index (κ1) is 28.6. The van der Waals surface area contributed by atoms with Crippen LogP contribution in [0.15, 0.2) is 123 Å². The first-order valence-electron chi connectivity index (χ1n) is 12.2. The van der Waals surface area contributed by atoms with E-state index in [1.54, 1.807) is 36.0 Å². The summed E-state index contributed by atoms with van der Waals surface area (Å²) in [5, 5.41) is 14.1. The number of ketones is 2. The molecule has 0 aliphatic rings. The number of carbonyl (C=O) groups is 2. The highest BCUT2D eigenvalue weighted by molar-refractivity contribution is 7.99. The lowest BCUT2D eigenvalue weighted by Gasteiger charge is -2.09. The van der Waals surface area contributed by atoms with Crippen LogP contribution in [-0.4, -0.2) is 34.4 Å². The van der Waals surface area contributed by atoms with Crippen molar-refractivity contribution in [2.45, 2.75) is 34.3 Å². The number of aliphatic hydroxyl groups excluding tert-OH is 1. The fourth-order valence-corrected chi connectivity index (χ4v) is 5.35. The Morgan fingerprint density at radius 3 is 1.92 bits per heavy atom. The van der Waals surface area contributed by atoms with E-state index in [1.807, 2.05) is 78.9 Å². The third-order valence-corrected chi connectivity index (χ3v) is 7.78. The van der Waals surface area contributed by atoms with Crippen LogP contribution < -0.4 is 0 Å². The van der Waals surface area contributed by atoms with Crippen molar-refractivity contribution < 1.29 is 19.5 Å². The van der Waals surface area contributed by atoms with Crippen LogP contribution in [-0.2, 0) is 4.84 Å². The van der Waals surface area contributed by atoms with Gasteiger partial charge in [-0.3, -0.25) is 9.59 Å². The Bertz CT molecular complexity index is 1420. The van der Waals surface area contributed by atoms with Crippen molar-refractivity contribution in [1.29, 1.82) is 0 Å². The monoisotopic (exact) mass is 575 g/mol. The molecule has 4 aromatic rings. The zero-order valence-electron chi connectivity index (χ0n) is 21.1. The number of thioether (sulfide) groups is 1. The van der Waals surface area contributed by atoms with Crippen LogP contribution in [0.5, 0.6) is 0 Å². The van der Waals surface area contributed by atoms with Crippen molar-refractivity contribution >= 4 is 52.4 Å². The van der Waals surface area contributed by atoms with Crippen molar-refractivity contribution in [1.82, 2.24) is 0 Å². The average Bonchev–Trinajstić information content (AvgIpc) is 2.96. The van der Waals surface area contributed by atoms with Crippen molar-refractivity contribution in [2.24, 2.45) is 5.16 Å². The molecule has 4 rings (SSSR count). The van der Waals surface area contributed by atoms with Gasteiger partial charge in [0.1, 0.15) is 5.71 Å². The summed E-state index contributed by atoms with van der Waals surface area (Å²) in [7, 11) is 0. The molecule has 4 aromatic carbocycles. The summed E-state index contributed by atoms with van der Waals surface area (Å²) in [6.07, 6.45) is -0.756. The van der Waals surface area contributed by atoms with E-state index < -0.39 is 6.29 Å². The number of rotatable bonds is 12. The fraction of sp³-hybridized carbons (Fsp3) is 0.129. The van der Waals surface area contributed by atoms with Gasteiger partial charge in [-0.05, 0) is 72.8 Å².